The smallest absolute Gasteiger partial charge is 0.253 e. The Labute approximate surface area is 143 Å². The molecule has 2 N–H and O–H groups in total. The molecule has 0 aliphatic carbocycles. The number of amides is 2. The Morgan fingerprint density at radius 1 is 1.08 bits per heavy atom. The first-order valence-electron chi connectivity index (χ1n) is 7.35. The summed E-state index contributed by atoms with van der Waals surface area (Å²) in [5, 5.41) is 5.61. The fourth-order valence-corrected chi connectivity index (χ4v) is 2.45. The van der Waals surface area contributed by atoms with Gasteiger partial charge in [-0.3, -0.25) is 9.59 Å². The highest BCUT2D eigenvalue weighted by molar-refractivity contribution is 6.33. The van der Waals surface area contributed by atoms with Gasteiger partial charge in [-0.25, -0.2) is 4.98 Å². The van der Waals surface area contributed by atoms with Crippen molar-refractivity contribution >= 4 is 29.1 Å². The van der Waals surface area contributed by atoms with Crippen molar-refractivity contribution in [2.75, 3.05) is 6.54 Å². The van der Waals surface area contributed by atoms with Crippen molar-refractivity contribution in [2.45, 2.75) is 6.54 Å². The van der Waals surface area contributed by atoms with Crippen molar-refractivity contribution in [1.29, 1.82) is 0 Å². The van der Waals surface area contributed by atoms with Gasteiger partial charge < -0.3 is 15.0 Å². The Hall–Kier alpha value is -2.86. The van der Waals surface area contributed by atoms with Crippen LogP contribution in [-0.4, -0.2) is 27.7 Å². The van der Waals surface area contributed by atoms with E-state index in [-0.39, 0.29) is 18.4 Å². The number of hydrogen-bond donors (Lipinski definition) is 2. The van der Waals surface area contributed by atoms with E-state index < -0.39 is 0 Å². The molecular weight excluding hydrogens is 328 g/mol. The molecule has 0 atom stereocenters. The van der Waals surface area contributed by atoms with Crippen LogP contribution in [0.3, 0.4) is 0 Å². The van der Waals surface area contributed by atoms with E-state index in [4.69, 9.17) is 11.6 Å². The molecule has 24 heavy (non-hydrogen) atoms. The lowest BCUT2D eigenvalue weighted by atomic mass is 10.2. The fraction of sp³-hybridized carbons (Fsp3) is 0.118. The Balaban J connectivity index is 1.51. The topological polar surface area (TPSA) is 75.5 Å². The number of fused-ring (bicyclic) bond motifs is 1. The molecule has 0 radical (unpaired) electrons. The standard InChI is InChI=1S/C17H15ClN4O2/c18-14-6-2-1-5-13(14)17(24)20-10-16(23)19-9-12-11-22-8-4-3-7-15(22)21-12/h1-8,11H,9-10H2,(H,19,23)(H,20,24). The van der Waals surface area contributed by atoms with E-state index in [2.05, 4.69) is 15.6 Å². The van der Waals surface area contributed by atoms with Crippen LogP contribution in [0.4, 0.5) is 0 Å². The van der Waals surface area contributed by atoms with Gasteiger partial charge in [-0.2, -0.15) is 0 Å². The Bertz CT molecular complexity index is 858. The molecule has 0 fully saturated rings. The van der Waals surface area contributed by atoms with E-state index in [0.717, 1.165) is 11.3 Å². The Morgan fingerprint density at radius 2 is 1.88 bits per heavy atom. The van der Waals surface area contributed by atoms with Crippen molar-refractivity contribution in [3.05, 3.63) is 71.1 Å². The largest absolute Gasteiger partial charge is 0.349 e. The SMILES string of the molecule is O=C(CNC(=O)c1ccccc1Cl)NCc1cn2ccccc2n1. The number of nitrogens with zero attached hydrogens (tertiary/aromatic N) is 2. The predicted molar refractivity (Wildman–Crippen MR) is 90.8 cm³/mol. The molecule has 3 aromatic rings. The summed E-state index contributed by atoms with van der Waals surface area (Å²) in [7, 11) is 0. The van der Waals surface area contributed by atoms with Crippen molar-refractivity contribution in [2.24, 2.45) is 0 Å². The van der Waals surface area contributed by atoms with E-state index in [0.29, 0.717) is 17.1 Å². The maximum atomic E-state index is 12.0. The average molecular weight is 343 g/mol. The molecule has 3 rings (SSSR count). The normalized spacial score (nSPS) is 10.5. The summed E-state index contributed by atoms with van der Waals surface area (Å²) in [6.07, 6.45) is 3.73. The molecule has 0 saturated carbocycles. The third-order valence-corrected chi connectivity index (χ3v) is 3.74. The Morgan fingerprint density at radius 3 is 2.67 bits per heavy atom. The van der Waals surface area contributed by atoms with Crippen LogP contribution in [0.15, 0.2) is 54.9 Å². The van der Waals surface area contributed by atoms with E-state index in [9.17, 15) is 9.59 Å². The molecule has 0 aliphatic heterocycles. The summed E-state index contributed by atoms with van der Waals surface area (Å²) in [5.74, 6) is -0.684. The monoisotopic (exact) mass is 342 g/mol. The molecule has 2 aromatic heterocycles. The summed E-state index contributed by atoms with van der Waals surface area (Å²) < 4.78 is 1.88. The van der Waals surface area contributed by atoms with Crippen LogP contribution in [0.1, 0.15) is 16.1 Å². The van der Waals surface area contributed by atoms with Gasteiger partial charge in [-0.05, 0) is 24.3 Å². The number of benzene rings is 1. The first-order valence-corrected chi connectivity index (χ1v) is 7.73. The third kappa shape index (κ3) is 3.72. The number of carbonyl (C=O) groups is 2. The van der Waals surface area contributed by atoms with Crippen LogP contribution in [0.25, 0.3) is 5.65 Å². The fourth-order valence-electron chi connectivity index (χ4n) is 2.23. The molecule has 0 saturated heterocycles. The zero-order valence-corrected chi connectivity index (χ0v) is 13.5. The first-order chi connectivity index (χ1) is 11.6. The molecule has 7 heteroatoms. The second-order valence-electron chi connectivity index (χ2n) is 5.14. The molecule has 1 aromatic carbocycles. The van der Waals surface area contributed by atoms with Crippen molar-refractivity contribution in [3.8, 4) is 0 Å². The van der Waals surface area contributed by atoms with Crippen LogP contribution >= 0.6 is 11.6 Å². The molecule has 2 heterocycles. The minimum atomic E-state index is -0.386. The Kier molecular flexibility index (Phi) is 4.77. The summed E-state index contributed by atoms with van der Waals surface area (Å²) in [6.45, 7) is 0.167. The second-order valence-corrected chi connectivity index (χ2v) is 5.54. The van der Waals surface area contributed by atoms with Gasteiger partial charge in [0.15, 0.2) is 0 Å². The summed E-state index contributed by atoms with van der Waals surface area (Å²) >= 11 is 5.94. The number of nitrogens with one attached hydrogen (secondary N) is 2. The molecule has 0 spiro atoms. The van der Waals surface area contributed by atoms with Crippen LogP contribution < -0.4 is 10.6 Å². The lowest BCUT2D eigenvalue weighted by molar-refractivity contribution is -0.120. The van der Waals surface area contributed by atoms with Gasteiger partial charge in [0, 0.05) is 12.4 Å². The van der Waals surface area contributed by atoms with Gasteiger partial charge in [0.1, 0.15) is 5.65 Å². The second kappa shape index (κ2) is 7.14. The minimum absolute atomic E-state index is 0.128. The number of halogens is 1. The van der Waals surface area contributed by atoms with Gasteiger partial charge in [0.25, 0.3) is 5.91 Å². The molecule has 0 bridgehead atoms. The predicted octanol–water partition coefficient (Wildman–Crippen LogP) is 2.03. The van der Waals surface area contributed by atoms with Crippen LogP contribution in [0.2, 0.25) is 5.02 Å². The van der Waals surface area contributed by atoms with Crippen molar-refractivity contribution < 1.29 is 9.59 Å². The molecule has 0 unspecified atom stereocenters. The van der Waals surface area contributed by atoms with Gasteiger partial charge in [-0.1, -0.05) is 29.8 Å². The van der Waals surface area contributed by atoms with Gasteiger partial charge in [0.2, 0.25) is 5.91 Å². The maximum Gasteiger partial charge on any atom is 0.253 e. The third-order valence-electron chi connectivity index (χ3n) is 3.41. The molecule has 6 nitrogen and oxygen atoms in total. The van der Waals surface area contributed by atoms with Crippen LogP contribution in [-0.2, 0) is 11.3 Å². The zero-order chi connectivity index (χ0) is 16.9. The van der Waals surface area contributed by atoms with Gasteiger partial charge in [-0.15, -0.1) is 0 Å². The number of aromatic nitrogens is 2. The highest BCUT2D eigenvalue weighted by Gasteiger charge is 2.11. The quantitative estimate of drug-likeness (QED) is 0.745. The average Bonchev–Trinajstić information content (AvgIpc) is 3.01. The highest BCUT2D eigenvalue weighted by Crippen LogP contribution is 2.14. The lowest BCUT2D eigenvalue weighted by Gasteiger charge is -2.07. The lowest BCUT2D eigenvalue weighted by Crippen LogP contribution is -2.36. The summed E-state index contributed by atoms with van der Waals surface area (Å²) in [6, 6.07) is 12.4. The van der Waals surface area contributed by atoms with Crippen LogP contribution in [0.5, 0.6) is 0 Å². The van der Waals surface area contributed by atoms with Crippen molar-refractivity contribution in [3.63, 3.8) is 0 Å². The van der Waals surface area contributed by atoms with E-state index in [1.54, 1.807) is 24.3 Å². The first kappa shape index (κ1) is 16.0. The number of imidazole rings is 1. The zero-order valence-electron chi connectivity index (χ0n) is 12.7. The van der Waals surface area contributed by atoms with Crippen molar-refractivity contribution in [1.82, 2.24) is 20.0 Å². The molecule has 122 valence electrons. The summed E-state index contributed by atoms with van der Waals surface area (Å²) in [5.41, 5.74) is 1.90. The maximum absolute atomic E-state index is 12.0. The summed E-state index contributed by atoms with van der Waals surface area (Å²) in [4.78, 5) is 28.2. The molecule has 0 aliphatic rings. The molecule has 2 amide bonds. The van der Waals surface area contributed by atoms with E-state index >= 15 is 0 Å². The minimum Gasteiger partial charge on any atom is -0.349 e. The van der Waals surface area contributed by atoms with E-state index in [1.807, 2.05) is 35.0 Å². The van der Waals surface area contributed by atoms with Crippen LogP contribution in [0, 0.1) is 0 Å². The van der Waals surface area contributed by atoms with Gasteiger partial charge >= 0.3 is 0 Å². The molecular formula is C17H15ClN4O2. The van der Waals surface area contributed by atoms with E-state index in [1.165, 1.54) is 0 Å². The number of carbonyl (C=O) groups excluding carboxylic acids is 2. The number of pyridine rings is 1. The number of rotatable bonds is 5. The number of hydrogen-bond acceptors (Lipinski definition) is 3. The highest BCUT2D eigenvalue weighted by atomic mass is 35.5. The van der Waals surface area contributed by atoms with Gasteiger partial charge in [0.05, 0.1) is 29.4 Å².